The summed E-state index contributed by atoms with van der Waals surface area (Å²) >= 11 is 1.05. The minimum absolute atomic E-state index is 0.173. The van der Waals surface area contributed by atoms with Crippen molar-refractivity contribution < 1.29 is 23.5 Å². The lowest BCUT2D eigenvalue weighted by atomic mass is 10.1. The molecule has 0 bridgehead atoms. The predicted molar refractivity (Wildman–Crippen MR) is 89.2 cm³/mol. The molecule has 2 heterocycles. The van der Waals surface area contributed by atoms with Crippen molar-refractivity contribution in [2.24, 2.45) is 0 Å². The Morgan fingerprint density at radius 3 is 2.58 bits per heavy atom. The lowest BCUT2D eigenvalue weighted by molar-refractivity contribution is -0.125. The molecule has 0 saturated carbocycles. The SMILES string of the molecule is CC(C)(C)NC(=O)COC(=O)c1ccc(NC(=O)c2ccco2)s1. The predicted octanol–water partition coefficient (Wildman–Crippen LogP) is 2.66. The molecule has 0 saturated heterocycles. The van der Waals surface area contributed by atoms with Gasteiger partial charge in [-0.1, -0.05) is 0 Å². The molecule has 0 spiro atoms. The molecule has 0 aliphatic carbocycles. The van der Waals surface area contributed by atoms with E-state index in [9.17, 15) is 14.4 Å². The van der Waals surface area contributed by atoms with Crippen LogP contribution in [0, 0.1) is 0 Å². The van der Waals surface area contributed by atoms with Crippen LogP contribution >= 0.6 is 11.3 Å². The highest BCUT2D eigenvalue weighted by Gasteiger charge is 2.17. The summed E-state index contributed by atoms with van der Waals surface area (Å²) in [4.78, 5) is 35.7. The van der Waals surface area contributed by atoms with Gasteiger partial charge in [-0.2, -0.15) is 0 Å². The molecule has 2 N–H and O–H groups in total. The maximum atomic E-state index is 11.9. The van der Waals surface area contributed by atoms with Gasteiger partial charge in [0, 0.05) is 5.54 Å². The number of hydrogen-bond donors (Lipinski definition) is 2. The summed E-state index contributed by atoms with van der Waals surface area (Å²) < 4.78 is 9.94. The van der Waals surface area contributed by atoms with Crippen LogP contribution in [0.2, 0.25) is 0 Å². The van der Waals surface area contributed by atoms with E-state index in [0.29, 0.717) is 5.00 Å². The Bertz CT molecular complexity index is 728. The zero-order chi connectivity index (χ0) is 17.7. The molecule has 0 aliphatic heterocycles. The molecule has 8 heteroatoms. The van der Waals surface area contributed by atoms with E-state index in [2.05, 4.69) is 10.6 Å². The minimum atomic E-state index is -0.623. The Kier molecular flexibility index (Phi) is 5.40. The van der Waals surface area contributed by atoms with Crippen LogP contribution in [0.25, 0.3) is 0 Å². The number of furan rings is 1. The largest absolute Gasteiger partial charge is 0.459 e. The number of esters is 1. The van der Waals surface area contributed by atoms with Gasteiger partial charge < -0.3 is 19.8 Å². The minimum Gasteiger partial charge on any atom is -0.459 e. The van der Waals surface area contributed by atoms with Gasteiger partial charge in [0.15, 0.2) is 12.4 Å². The summed E-state index contributed by atoms with van der Waals surface area (Å²) in [5, 5.41) is 5.78. The summed E-state index contributed by atoms with van der Waals surface area (Å²) in [7, 11) is 0. The normalized spacial score (nSPS) is 11.0. The van der Waals surface area contributed by atoms with Gasteiger partial charge in [-0.15, -0.1) is 11.3 Å². The number of carbonyl (C=O) groups is 3. The molecular weight excluding hydrogens is 332 g/mol. The summed E-state index contributed by atoms with van der Waals surface area (Å²) in [6.45, 7) is 5.14. The van der Waals surface area contributed by atoms with Gasteiger partial charge >= 0.3 is 5.97 Å². The van der Waals surface area contributed by atoms with E-state index < -0.39 is 17.4 Å². The van der Waals surface area contributed by atoms with Crippen LogP contribution < -0.4 is 10.6 Å². The summed E-state index contributed by atoms with van der Waals surface area (Å²) in [6.07, 6.45) is 1.40. The second-order valence-corrected chi connectivity index (χ2v) is 7.05. The van der Waals surface area contributed by atoms with Crippen LogP contribution in [0.15, 0.2) is 34.9 Å². The Labute approximate surface area is 143 Å². The molecule has 7 nitrogen and oxygen atoms in total. The lowest BCUT2D eigenvalue weighted by Crippen LogP contribution is -2.42. The number of rotatable bonds is 5. The second kappa shape index (κ2) is 7.31. The average molecular weight is 350 g/mol. The van der Waals surface area contributed by atoms with Crippen LogP contribution in [0.4, 0.5) is 5.00 Å². The smallest absolute Gasteiger partial charge is 0.348 e. The Morgan fingerprint density at radius 2 is 1.96 bits per heavy atom. The van der Waals surface area contributed by atoms with Crippen LogP contribution in [0.3, 0.4) is 0 Å². The number of nitrogens with one attached hydrogen (secondary N) is 2. The first-order chi connectivity index (χ1) is 11.2. The van der Waals surface area contributed by atoms with Gasteiger partial charge in [-0.05, 0) is 45.0 Å². The zero-order valence-corrected chi connectivity index (χ0v) is 14.4. The molecule has 2 rings (SSSR count). The van der Waals surface area contributed by atoms with Crippen LogP contribution in [-0.2, 0) is 9.53 Å². The summed E-state index contributed by atoms with van der Waals surface area (Å²) in [5.74, 6) is -1.24. The van der Waals surface area contributed by atoms with Gasteiger partial charge in [0.2, 0.25) is 0 Å². The number of ether oxygens (including phenoxy) is 1. The van der Waals surface area contributed by atoms with Gasteiger partial charge in [-0.25, -0.2) is 4.79 Å². The second-order valence-electron chi connectivity index (χ2n) is 5.97. The van der Waals surface area contributed by atoms with Gasteiger partial charge in [-0.3, -0.25) is 9.59 Å². The summed E-state index contributed by atoms with van der Waals surface area (Å²) in [5.41, 5.74) is -0.393. The maximum absolute atomic E-state index is 11.9. The van der Waals surface area contributed by atoms with Crippen molar-refractivity contribution >= 4 is 34.1 Å². The van der Waals surface area contributed by atoms with E-state index >= 15 is 0 Å². The topological polar surface area (TPSA) is 97.6 Å². The molecule has 2 amide bonds. The first-order valence-electron chi connectivity index (χ1n) is 7.17. The van der Waals surface area contributed by atoms with Crippen LogP contribution in [-0.4, -0.2) is 29.9 Å². The van der Waals surface area contributed by atoms with E-state index in [1.54, 1.807) is 12.1 Å². The number of carbonyl (C=O) groups excluding carboxylic acids is 3. The third-order valence-electron chi connectivity index (χ3n) is 2.64. The van der Waals surface area contributed by atoms with E-state index in [1.807, 2.05) is 20.8 Å². The first kappa shape index (κ1) is 17.7. The maximum Gasteiger partial charge on any atom is 0.348 e. The Balaban J connectivity index is 1.87. The number of amides is 2. The molecule has 0 fully saturated rings. The molecule has 0 atom stereocenters. The fourth-order valence-corrected chi connectivity index (χ4v) is 2.55. The quantitative estimate of drug-likeness (QED) is 0.808. The number of anilines is 1. The lowest BCUT2D eigenvalue weighted by Gasteiger charge is -2.20. The Morgan fingerprint density at radius 1 is 1.21 bits per heavy atom. The van der Waals surface area contributed by atoms with Crippen molar-refractivity contribution in [3.05, 3.63) is 41.2 Å². The van der Waals surface area contributed by atoms with E-state index in [-0.39, 0.29) is 23.2 Å². The van der Waals surface area contributed by atoms with Crippen LogP contribution in [0.1, 0.15) is 41.0 Å². The molecule has 128 valence electrons. The Hall–Kier alpha value is -2.61. The van der Waals surface area contributed by atoms with Crippen molar-refractivity contribution in [3.63, 3.8) is 0 Å². The average Bonchev–Trinajstić information content (AvgIpc) is 3.14. The highest BCUT2D eigenvalue weighted by atomic mass is 32.1. The molecule has 2 aromatic rings. The molecule has 0 aliphatic rings. The zero-order valence-electron chi connectivity index (χ0n) is 13.5. The van der Waals surface area contributed by atoms with E-state index in [4.69, 9.17) is 9.15 Å². The van der Waals surface area contributed by atoms with Gasteiger partial charge in [0.05, 0.1) is 11.3 Å². The molecule has 0 aromatic carbocycles. The van der Waals surface area contributed by atoms with Crippen molar-refractivity contribution in [1.29, 1.82) is 0 Å². The molecule has 0 unspecified atom stereocenters. The standard InChI is InChI=1S/C16H18N2O5S/c1-16(2,3)18-12(19)9-23-15(21)11-6-7-13(24-11)17-14(20)10-5-4-8-22-10/h4-8H,9H2,1-3H3,(H,17,20)(H,18,19). The van der Waals surface area contributed by atoms with Gasteiger partial charge in [0.25, 0.3) is 11.8 Å². The highest BCUT2D eigenvalue weighted by molar-refractivity contribution is 7.18. The highest BCUT2D eigenvalue weighted by Crippen LogP contribution is 2.23. The monoisotopic (exact) mass is 350 g/mol. The van der Waals surface area contributed by atoms with Crippen LogP contribution in [0.5, 0.6) is 0 Å². The fourth-order valence-electron chi connectivity index (χ4n) is 1.75. The number of hydrogen-bond acceptors (Lipinski definition) is 6. The van der Waals surface area contributed by atoms with E-state index in [1.165, 1.54) is 18.4 Å². The van der Waals surface area contributed by atoms with Crippen molar-refractivity contribution in [1.82, 2.24) is 5.32 Å². The third kappa shape index (κ3) is 5.24. The van der Waals surface area contributed by atoms with Gasteiger partial charge in [0.1, 0.15) is 4.88 Å². The van der Waals surface area contributed by atoms with Crippen molar-refractivity contribution in [2.75, 3.05) is 11.9 Å². The third-order valence-corrected chi connectivity index (χ3v) is 3.62. The fraction of sp³-hybridized carbons (Fsp3) is 0.312. The molecule has 2 aromatic heterocycles. The number of thiophene rings is 1. The van der Waals surface area contributed by atoms with Crippen molar-refractivity contribution in [3.8, 4) is 0 Å². The summed E-state index contributed by atoms with van der Waals surface area (Å²) in [6, 6.07) is 6.24. The van der Waals surface area contributed by atoms with E-state index in [0.717, 1.165) is 11.3 Å². The van der Waals surface area contributed by atoms with Crippen molar-refractivity contribution in [2.45, 2.75) is 26.3 Å². The molecular formula is C16H18N2O5S. The molecule has 24 heavy (non-hydrogen) atoms. The first-order valence-corrected chi connectivity index (χ1v) is 7.99. The molecule has 0 radical (unpaired) electrons.